The van der Waals surface area contributed by atoms with Gasteiger partial charge < -0.3 is 15.1 Å². The molecular weight excluding hydrogens is 455 g/mol. The Balaban J connectivity index is 1.96. The zero-order valence-corrected chi connectivity index (χ0v) is 19.4. The highest BCUT2D eigenvalue weighted by Gasteiger charge is 2.63. The molecule has 4 nitrogen and oxygen atoms in total. The lowest BCUT2D eigenvalue weighted by atomic mass is 9.74. The molecule has 1 aliphatic rings. The maximum absolute atomic E-state index is 15.4. The van der Waals surface area contributed by atoms with Crippen molar-refractivity contribution in [1.29, 1.82) is 0 Å². The summed E-state index contributed by atoms with van der Waals surface area (Å²) in [7, 11) is 0. The second-order valence-electron chi connectivity index (χ2n) is 8.99. The molecule has 0 spiro atoms. The number of halogens is 3. The van der Waals surface area contributed by atoms with Gasteiger partial charge in [-0.15, -0.1) is 0 Å². The number of carbonyl (C=O) groups is 1. The Morgan fingerprint density at radius 2 is 1.69 bits per heavy atom. The molecule has 3 aromatic rings. The fourth-order valence-electron chi connectivity index (χ4n) is 4.83. The molecule has 182 valence electrons. The smallest absolute Gasteiger partial charge is 0.420 e. The van der Waals surface area contributed by atoms with Gasteiger partial charge in [-0.25, -0.2) is 4.79 Å². The third-order valence-corrected chi connectivity index (χ3v) is 6.52. The van der Waals surface area contributed by atoms with Crippen LogP contribution < -0.4 is 4.90 Å². The van der Waals surface area contributed by atoms with Crippen LogP contribution in [0.3, 0.4) is 0 Å². The van der Waals surface area contributed by atoms with E-state index in [9.17, 15) is 9.90 Å². The van der Waals surface area contributed by atoms with Crippen LogP contribution in [0.25, 0.3) is 6.08 Å². The Hall–Kier alpha value is -3.74. The van der Waals surface area contributed by atoms with Crippen molar-refractivity contribution in [2.45, 2.75) is 37.9 Å². The van der Waals surface area contributed by atoms with E-state index in [0.29, 0.717) is 23.2 Å². The van der Waals surface area contributed by atoms with Crippen molar-refractivity contribution >= 4 is 17.7 Å². The van der Waals surface area contributed by atoms with Crippen LogP contribution in [0.15, 0.2) is 72.8 Å². The molecule has 0 aliphatic carbocycles. The van der Waals surface area contributed by atoms with Gasteiger partial charge in [-0.1, -0.05) is 56.3 Å². The van der Waals surface area contributed by atoms with Gasteiger partial charge in [0.05, 0.1) is 0 Å². The Bertz CT molecular complexity index is 1250. The lowest BCUT2D eigenvalue weighted by Crippen LogP contribution is -2.60. The first-order chi connectivity index (χ1) is 16.5. The van der Waals surface area contributed by atoms with E-state index >= 15 is 13.2 Å². The normalized spacial score (nSPS) is 18.2. The fraction of sp³-hybridized carbons (Fsp3) is 0.250. The number of carboxylic acid groups (broad SMARTS) is 1. The predicted molar refractivity (Wildman–Crippen MR) is 130 cm³/mol. The summed E-state index contributed by atoms with van der Waals surface area (Å²) in [6, 6.07) is 17.0. The van der Waals surface area contributed by atoms with Crippen LogP contribution in [0.2, 0.25) is 0 Å². The highest BCUT2D eigenvalue weighted by atomic mass is 19.4. The highest BCUT2D eigenvalue weighted by Crippen LogP contribution is 2.53. The fourth-order valence-corrected chi connectivity index (χ4v) is 4.83. The number of aliphatic carboxylic acids is 1. The summed E-state index contributed by atoms with van der Waals surface area (Å²) in [4.78, 5) is 12.2. The monoisotopic (exact) mass is 481 g/mol. The van der Waals surface area contributed by atoms with Crippen molar-refractivity contribution in [3.8, 4) is 5.75 Å². The summed E-state index contributed by atoms with van der Waals surface area (Å²) >= 11 is 0. The third kappa shape index (κ3) is 4.38. The second kappa shape index (κ2) is 9.13. The van der Waals surface area contributed by atoms with Crippen molar-refractivity contribution in [2.75, 3.05) is 11.4 Å². The number of phenolic OH excluding ortho intramolecular Hbond substituents is 1. The minimum absolute atomic E-state index is 0.0112. The summed E-state index contributed by atoms with van der Waals surface area (Å²) in [5.41, 5.74) is -0.0328. The number of fused-ring (bicyclic) bond motifs is 1. The average molecular weight is 482 g/mol. The van der Waals surface area contributed by atoms with E-state index in [4.69, 9.17) is 5.11 Å². The first-order valence-electron chi connectivity index (χ1n) is 11.3. The Morgan fingerprint density at radius 3 is 2.26 bits per heavy atom. The van der Waals surface area contributed by atoms with Crippen molar-refractivity contribution < 1.29 is 28.2 Å². The number of alkyl halides is 3. The molecular formula is C28H26F3NO3. The van der Waals surface area contributed by atoms with E-state index in [-0.39, 0.29) is 29.3 Å². The number of rotatable bonds is 5. The van der Waals surface area contributed by atoms with E-state index in [2.05, 4.69) is 0 Å². The standard InChI is InChI=1S/C28H26F3NO3/c1-18(2)20-6-10-23(11-7-20)32-16-15-21-17-24(33)12-13-25(21)27(32,28(29,30)31)22-8-3-19(4-9-22)5-14-26(34)35/h3-14,17-18,33H,15-16H2,1-2H3,(H,34,35)/b14-5+/t27-/m0/s1. The molecule has 1 atom stereocenters. The molecule has 0 saturated carbocycles. The van der Waals surface area contributed by atoms with E-state index in [1.165, 1.54) is 53.4 Å². The maximum atomic E-state index is 15.4. The largest absolute Gasteiger partial charge is 0.508 e. The minimum atomic E-state index is -4.71. The van der Waals surface area contributed by atoms with Crippen LogP contribution in [-0.4, -0.2) is 28.9 Å². The van der Waals surface area contributed by atoms with Crippen LogP contribution >= 0.6 is 0 Å². The zero-order chi connectivity index (χ0) is 25.4. The number of phenols is 1. The Morgan fingerprint density at radius 1 is 1.03 bits per heavy atom. The number of hydrogen-bond donors (Lipinski definition) is 2. The number of anilines is 1. The molecule has 3 aromatic carbocycles. The topological polar surface area (TPSA) is 60.8 Å². The molecule has 4 rings (SSSR count). The van der Waals surface area contributed by atoms with Gasteiger partial charge in [0.2, 0.25) is 0 Å². The van der Waals surface area contributed by atoms with Crippen molar-refractivity contribution in [3.05, 3.63) is 101 Å². The second-order valence-corrected chi connectivity index (χ2v) is 8.99. The van der Waals surface area contributed by atoms with Gasteiger partial charge in [0, 0.05) is 18.3 Å². The molecule has 1 heterocycles. The van der Waals surface area contributed by atoms with Gasteiger partial charge in [0.15, 0.2) is 5.54 Å². The first kappa shape index (κ1) is 24.4. The first-order valence-corrected chi connectivity index (χ1v) is 11.3. The predicted octanol–water partition coefficient (Wildman–Crippen LogP) is 6.48. The van der Waals surface area contributed by atoms with Gasteiger partial charge in [-0.05, 0) is 70.5 Å². The Kier molecular flexibility index (Phi) is 6.36. The molecule has 35 heavy (non-hydrogen) atoms. The molecule has 0 aromatic heterocycles. The summed E-state index contributed by atoms with van der Waals surface area (Å²) in [5.74, 6) is -0.977. The molecule has 7 heteroatoms. The van der Waals surface area contributed by atoms with Crippen molar-refractivity contribution in [3.63, 3.8) is 0 Å². The number of hydrogen-bond acceptors (Lipinski definition) is 3. The van der Waals surface area contributed by atoms with Gasteiger partial charge in [0.1, 0.15) is 5.75 Å². The van der Waals surface area contributed by atoms with Crippen LogP contribution in [0.1, 0.15) is 47.6 Å². The summed E-state index contributed by atoms with van der Waals surface area (Å²) in [6.45, 7) is 4.15. The minimum Gasteiger partial charge on any atom is -0.508 e. The summed E-state index contributed by atoms with van der Waals surface area (Å²) < 4.78 is 46.1. The van der Waals surface area contributed by atoms with E-state index in [1.807, 2.05) is 26.0 Å². The maximum Gasteiger partial charge on any atom is 0.420 e. The summed E-state index contributed by atoms with van der Waals surface area (Å²) in [5, 5.41) is 18.9. The molecule has 0 unspecified atom stereocenters. The number of carboxylic acids is 1. The molecule has 0 amide bonds. The quantitative estimate of drug-likeness (QED) is 0.410. The number of aromatic hydroxyl groups is 1. The Labute approximate surface area is 202 Å². The van der Waals surface area contributed by atoms with Gasteiger partial charge >= 0.3 is 12.1 Å². The molecule has 1 aliphatic heterocycles. The van der Waals surface area contributed by atoms with E-state index < -0.39 is 17.7 Å². The number of benzene rings is 3. The van der Waals surface area contributed by atoms with Crippen LogP contribution in [-0.2, 0) is 16.8 Å². The third-order valence-electron chi connectivity index (χ3n) is 6.52. The molecule has 2 N–H and O–H groups in total. The SMILES string of the molecule is CC(C)c1ccc(N2CCc3cc(O)ccc3[C@@]2(c2ccc(/C=C/C(=O)O)cc2)C(F)(F)F)cc1. The summed E-state index contributed by atoms with van der Waals surface area (Å²) in [6.07, 6.45) is -2.10. The number of nitrogens with zero attached hydrogens (tertiary/aromatic N) is 1. The van der Waals surface area contributed by atoms with Gasteiger partial charge in [0.25, 0.3) is 0 Å². The molecule has 0 saturated heterocycles. The molecule has 0 fully saturated rings. The van der Waals surface area contributed by atoms with Crippen LogP contribution in [0.4, 0.5) is 18.9 Å². The molecule has 0 radical (unpaired) electrons. The molecule has 0 bridgehead atoms. The van der Waals surface area contributed by atoms with Gasteiger partial charge in [-0.2, -0.15) is 13.2 Å². The van der Waals surface area contributed by atoms with E-state index in [0.717, 1.165) is 11.6 Å². The average Bonchev–Trinajstić information content (AvgIpc) is 2.81. The van der Waals surface area contributed by atoms with E-state index in [1.54, 1.807) is 12.1 Å². The van der Waals surface area contributed by atoms with Crippen molar-refractivity contribution in [2.24, 2.45) is 0 Å². The highest BCUT2D eigenvalue weighted by molar-refractivity contribution is 5.85. The van der Waals surface area contributed by atoms with Crippen LogP contribution in [0, 0.1) is 0 Å². The van der Waals surface area contributed by atoms with Crippen LogP contribution in [0.5, 0.6) is 5.75 Å². The van der Waals surface area contributed by atoms with Gasteiger partial charge in [-0.3, -0.25) is 0 Å². The lowest BCUT2D eigenvalue weighted by molar-refractivity contribution is -0.179. The van der Waals surface area contributed by atoms with Crippen molar-refractivity contribution in [1.82, 2.24) is 0 Å². The zero-order valence-electron chi connectivity index (χ0n) is 19.4. The lowest BCUT2D eigenvalue weighted by Gasteiger charge is -2.50.